The van der Waals surface area contributed by atoms with Gasteiger partial charge in [0.1, 0.15) is 26.2 Å². The monoisotopic (exact) mass is 300 g/mol. The van der Waals surface area contributed by atoms with Crippen LogP contribution in [-0.2, 0) is 9.47 Å². The van der Waals surface area contributed by atoms with Crippen molar-refractivity contribution in [3.8, 4) is 0 Å². The summed E-state index contributed by atoms with van der Waals surface area (Å²) in [5.74, 6) is 0. The molecule has 0 saturated carbocycles. The van der Waals surface area contributed by atoms with Crippen molar-refractivity contribution in [2.45, 2.75) is 39.5 Å². The third-order valence-corrected chi connectivity index (χ3v) is 5.41. The second-order valence-corrected chi connectivity index (χ2v) is 7.10. The SMILES string of the molecule is CCCC[N+]1(C[N+]2(CCCC)CCOCC2)CCOCC1. The zero-order valence-electron chi connectivity index (χ0n) is 14.3. The number of quaternary nitrogens is 2. The Labute approximate surface area is 131 Å². The van der Waals surface area contributed by atoms with Gasteiger partial charge in [0, 0.05) is 0 Å². The molecule has 0 aromatic heterocycles. The number of rotatable bonds is 8. The van der Waals surface area contributed by atoms with E-state index in [0.717, 1.165) is 26.4 Å². The first kappa shape index (κ1) is 17.2. The summed E-state index contributed by atoms with van der Waals surface area (Å²) in [5, 5.41) is 0. The first-order valence-electron chi connectivity index (χ1n) is 9.10. The zero-order valence-corrected chi connectivity index (χ0v) is 14.3. The van der Waals surface area contributed by atoms with Crippen LogP contribution in [0.15, 0.2) is 0 Å². The second kappa shape index (κ2) is 8.47. The van der Waals surface area contributed by atoms with E-state index in [1.54, 1.807) is 0 Å². The summed E-state index contributed by atoms with van der Waals surface area (Å²) < 4.78 is 13.9. The van der Waals surface area contributed by atoms with Crippen LogP contribution in [0.1, 0.15) is 39.5 Å². The highest BCUT2D eigenvalue weighted by molar-refractivity contribution is 4.54. The molecule has 2 aliphatic rings. The lowest BCUT2D eigenvalue weighted by Crippen LogP contribution is -2.68. The average molecular weight is 300 g/mol. The lowest BCUT2D eigenvalue weighted by molar-refractivity contribution is -1.11. The van der Waals surface area contributed by atoms with E-state index in [0.29, 0.717) is 0 Å². The van der Waals surface area contributed by atoms with E-state index in [4.69, 9.17) is 9.47 Å². The van der Waals surface area contributed by atoms with Gasteiger partial charge in [0.25, 0.3) is 0 Å². The number of morpholine rings is 2. The highest BCUT2D eigenvalue weighted by Crippen LogP contribution is 2.22. The van der Waals surface area contributed by atoms with Crippen molar-refractivity contribution in [3.63, 3.8) is 0 Å². The molecule has 2 saturated heterocycles. The summed E-state index contributed by atoms with van der Waals surface area (Å²) in [7, 11) is 0. The largest absolute Gasteiger partial charge is 0.370 e. The highest BCUT2D eigenvalue weighted by Gasteiger charge is 2.41. The minimum Gasteiger partial charge on any atom is -0.370 e. The summed E-state index contributed by atoms with van der Waals surface area (Å²) >= 11 is 0. The van der Waals surface area contributed by atoms with E-state index in [1.165, 1.54) is 80.6 Å². The summed E-state index contributed by atoms with van der Waals surface area (Å²) in [6.45, 7) is 17.3. The molecular weight excluding hydrogens is 264 g/mol. The maximum Gasteiger partial charge on any atom is 0.207 e. The van der Waals surface area contributed by atoms with Gasteiger partial charge in [0.2, 0.25) is 6.67 Å². The van der Waals surface area contributed by atoms with E-state index in [-0.39, 0.29) is 0 Å². The van der Waals surface area contributed by atoms with Gasteiger partial charge >= 0.3 is 0 Å². The fraction of sp³-hybridized carbons (Fsp3) is 1.00. The topological polar surface area (TPSA) is 18.5 Å². The zero-order chi connectivity index (χ0) is 15.0. The second-order valence-electron chi connectivity index (χ2n) is 7.10. The molecule has 124 valence electrons. The van der Waals surface area contributed by atoms with Gasteiger partial charge in [-0.3, -0.25) is 8.97 Å². The van der Waals surface area contributed by atoms with Gasteiger partial charge in [0.05, 0.1) is 39.5 Å². The average Bonchev–Trinajstić information content (AvgIpc) is 2.53. The summed E-state index contributed by atoms with van der Waals surface area (Å²) in [6.07, 6.45) is 5.31. The molecule has 21 heavy (non-hydrogen) atoms. The van der Waals surface area contributed by atoms with Crippen LogP contribution in [0.25, 0.3) is 0 Å². The third-order valence-electron chi connectivity index (χ3n) is 5.41. The number of nitrogens with zero attached hydrogens (tertiary/aromatic N) is 2. The predicted molar refractivity (Wildman–Crippen MR) is 86.0 cm³/mol. The number of ether oxygens (including phenoxy) is 2. The maximum absolute atomic E-state index is 5.66. The molecule has 0 amide bonds. The van der Waals surface area contributed by atoms with Gasteiger partial charge in [-0.2, -0.15) is 0 Å². The van der Waals surface area contributed by atoms with Gasteiger partial charge in [-0.1, -0.05) is 26.7 Å². The van der Waals surface area contributed by atoms with Crippen molar-refractivity contribution in [1.82, 2.24) is 0 Å². The molecule has 4 heteroatoms. The molecule has 0 unspecified atom stereocenters. The number of hydrogen-bond acceptors (Lipinski definition) is 2. The summed E-state index contributed by atoms with van der Waals surface area (Å²) in [5.41, 5.74) is 0. The third kappa shape index (κ3) is 4.92. The molecular formula is C17H36N2O2+2. The Hall–Kier alpha value is -0.160. The van der Waals surface area contributed by atoms with Crippen LogP contribution in [0.5, 0.6) is 0 Å². The fourth-order valence-electron chi connectivity index (χ4n) is 3.96. The molecule has 0 aromatic rings. The van der Waals surface area contributed by atoms with Crippen molar-refractivity contribution in [2.75, 3.05) is 72.4 Å². The van der Waals surface area contributed by atoms with Crippen LogP contribution in [0.2, 0.25) is 0 Å². The minimum atomic E-state index is 0.952. The van der Waals surface area contributed by atoms with Gasteiger partial charge < -0.3 is 9.47 Å². The van der Waals surface area contributed by atoms with Gasteiger partial charge in [-0.15, -0.1) is 0 Å². The molecule has 0 N–H and O–H groups in total. The molecule has 0 bridgehead atoms. The van der Waals surface area contributed by atoms with Crippen molar-refractivity contribution >= 4 is 0 Å². The summed E-state index contributed by atoms with van der Waals surface area (Å²) in [4.78, 5) is 0. The van der Waals surface area contributed by atoms with Gasteiger partial charge in [0.15, 0.2) is 0 Å². The Bertz CT molecular complexity index is 257. The predicted octanol–water partition coefficient (Wildman–Crippen LogP) is 2.24. The van der Waals surface area contributed by atoms with Crippen LogP contribution < -0.4 is 0 Å². The molecule has 2 heterocycles. The molecule has 2 fully saturated rings. The Kier molecular flexibility index (Phi) is 6.93. The van der Waals surface area contributed by atoms with E-state index in [9.17, 15) is 0 Å². The quantitative estimate of drug-likeness (QED) is 0.640. The van der Waals surface area contributed by atoms with Gasteiger partial charge in [-0.25, -0.2) is 0 Å². The number of unbranched alkanes of at least 4 members (excludes halogenated alkanes) is 2. The Balaban J connectivity index is 2.06. The van der Waals surface area contributed by atoms with Crippen molar-refractivity contribution in [1.29, 1.82) is 0 Å². The minimum absolute atomic E-state index is 0.952. The van der Waals surface area contributed by atoms with Crippen molar-refractivity contribution in [2.24, 2.45) is 0 Å². The summed E-state index contributed by atoms with van der Waals surface area (Å²) in [6, 6.07) is 0. The van der Waals surface area contributed by atoms with Crippen LogP contribution in [0.3, 0.4) is 0 Å². The van der Waals surface area contributed by atoms with E-state index < -0.39 is 0 Å². The Morgan fingerprint density at radius 3 is 1.38 bits per heavy atom. The van der Waals surface area contributed by atoms with Crippen LogP contribution >= 0.6 is 0 Å². The normalized spacial score (nSPS) is 24.9. The smallest absolute Gasteiger partial charge is 0.207 e. The Morgan fingerprint density at radius 1 is 0.667 bits per heavy atom. The Morgan fingerprint density at radius 2 is 1.05 bits per heavy atom. The lowest BCUT2D eigenvalue weighted by Gasteiger charge is -2.49. The van der Waals surface area contributed by atoms with Gasteiger partial charge in [-0.05, 0) is 12.8 Å². The molecule has 0 atom stereocenters. The molecule has 0 radical (unpaired) electrons. The molecule has 0 aliphatic carbocycles. The van der Waals surface area contributed by atoms with E-state index >= 15 is 0 Å². The first-order valence-corrected chi connectivity index (χ1v) is 9.10. The van der Waals surface area contributed by atoms with Crippen LogP contribution in [0, 0.1) is 0 Å². The van der Waals surface area contributed by atoms with Crippen LogP contribution in [0.4, 0.5) is 0 Å². The number of hydrogen-bond donors (Lipinski definition) is 0. The van der Waals surface area contributed by atoms with Crippen molar-refractivity contribution in [3.05, 3.63) is 0 Å². The molecule has 0 spiro atoms. The first-order chi connectivity index (χ1) is 10.2. The highest BCUT2D eigenvalue weighted by atomic mass is 16.5. The van der Waals surface area contributed by atoms with E-state index in [2.05, 4.69) is 13.8 Å². The van der Waals surface area contributed by atoms with E-state index in [1.807, 2.05) is 0 Å². The standard InChI is InChI=1S/C17H36N2O2/c1-3-5-7-18(9-13-20-14-10-18)17-19(8-6-4-2)11-15-21-16-12-19/h3-17H2,1-2H3/q+2. The molecule has 2 rings (SSSR count). The lowest BCUT2D eigenvalue weighted by atomic mass is 10.2. The van der Waals surface area contributed by atoms with Crippen molar-refractivity contribution < 1.29 is 18.4 Å². The maximum atomic E-state index is 5.66. The van der Waals surface area contributed by atoms with Crippen LogP contribution in [-0.4, -0.2) is 81.3 Å². The molecule has 4 nitrogen and oxygen atoms in total. The molecule has 2 aliphatic heterocycles. The molecule has 0 aromatic carbocycles. The fourth-order valence-corrected chi connectivity index (χ4v) is 3.96.